The molecule has 0 aromatic carbocycles. The van der Waals surface area contributed by atoms with Gasteiger partial charge >= 0.3 is 5.97 Å². The molecule has 0 saturated carbocycles. The first kappa shape index (κ1) is 14.6. The molecule has 2 aliphatic heterocycles. The van der Waals surface area contributed by atoms with Crippen molar-refractivity contribution in [3.8, 4) is 0 Å². The van der Waals surface area contributed by atoms with Gasteiger partial charge in [0.15, 0.2) is 0 Å². The SMILES string of the molecule is COC(=O)C1CCn2c(cnc2C2CCS(=O)(=O)CC2)C1. The second-order valence-corrected chi connectivity index (χ2v) is 8.20. The number of rotatable bonds is 2. The smallest absolute Gasteiger partial charge is 0.309 e. The van der Waals surface area contributed by atoms with Crippen molar-refractivity contribution >= 4 is 15.8 Å². The lowest BCUT2D eigenvalue weighted by atomic mass is 9.95. The maximum absolute atomic E-state index is 11.6. The summed E-state index contributed by atoms with van der Waals surface area (Å²) >= 11 is 0. The van der Waals surface area contributed by atoms with Crippen LogP contribution in [0.5, 0.6) is 0 Å². The third-order valence-corrected chi connectivity index (χ3v) is 6.30. The van der Waals surface area contributed by atoms with Crippen LogP contribution in [0.4, 0.5) is 0 Å². The van der Waals surface area contributed by atoms with Crippen LogP contribution in [0.15, 0.2) is 6.20 Å². The number of sulfone groups is 1. The van der Waals surface area contributed by atoms with E-state index in [1.807, 2.05) is 6.20 Å². The predicted octanol–water partition coefficient (Wildman–Crippen LogP) is 0.911. The molecule has 3 heterocycles. The van der Waals surface area contributed by atoms with Crippen LogP contribution in [-0.4, -0.2) is 42.6 Å². The minimum atomic E-state index is -2.85. The molecule has 0 N–H and O–H groups in total. The number of hydrogen-bond acceptors (Lipinski definition) is 5. The number of carbonyl (C=O) groups is 1. The maximum atomic E-state index is 11.6. The van der Waals surface area contributed by atoms with E-state index in [2.05, 4.69) is 9.55 Å². The van der Waals surface area contributed by atoms with E-state index < -0.39 is 9.84 Å². The minimum Gasteiger partial charge on any atom is -0.469 e. The summed E-state index contributed by atoms with van der Waals surface area (Å²) < 4.78 is 30.0. The van der Waals surface area contributed by atoms with E-state index >= 15 is 0 Å². The molecule has 0 spiro atoms. The first-order chi connectivity index (χ1) is 10.00. The predicted molar refractivity (Wildman–Crippen MR) is 76.7 cm³/mol. The highest BCUT2D eigenvalue weighted by atomic mass is 32.2. The van der Waals surface area contributed by atoms with Crippen LogP contribution in [0.3, 0.4) is 0 Å². The van der Waals surface area contributed by atoms with Crippen molar-refractivity contribution in [2.24, 2.45) is 5.92 Å². The zero-order chi connectivity index (χ0) is 15.0. The van der Waals surface area contributed by atoms with Crippen molar-refractivity contribution in [3.05, 3.63) is 17.7 Å². The number of aromatic nitrogens is 2. The second-order valence-electron chi connectivity index (χ2n) is 5.90. The van der Waals surface area contributed by atoms with Crippen LogP contribution in [0.25, 0.3) is 0 Å². The Morgan fingerprint density at radius 1 is 1.33 bits per heavy atom. The van der Waals surface area contributed by atoms with Gasteiger partial charge in [0, 0.05) is 30.8 Å². The molecular formula is C14H20N2O4S. The molecule has 0 amide bonds. The van der Waals surface area contributed by atoms with Gasteiger partial charge in [-0.15, -0.1) is 0 Å². The summed E-state index contributed by atoms with van der Waals surface area (Å²) in [5, 5.41) is 0. The highest BCUT2D eigenvalue weighted by Gasteiger charge is 2.32. The van der Waals surface area contributed by atoms with Gasteiger partial charge in [-0.1, -0.05) is 0 Å². The summed E-state index contributed by atoms with van der Waals surface area (Å²) in [6.45, 7) is 0.758. The number of ether oxygens (including phenoxy) is 1. The lowest BCUT2D eigenvalue weighted by Gasteiger charge is -2.27. The van der Waals surface area contributed by atoms with Crippen LogP contribution in [0.1, 0.15) is 36.7 Å². The Hall–Kier alpha value is -1.37. The van der Waals surface area contributed by atoms with E-state index in [9.17, 15) is 13.2 Å². The molecule has 2 aliphatic rings. The molecule has 1 atom stereocenters. The molecule has 3 rings (SSSR count). The molecular weight excluding hydrogens is 292 g/mol. The van der Waals surface area contributed by atoms with E-state index in [1.165, 1.54) is 7.11 Å². The Morgan fingerprint density at radius 2 is 2.05 bits per heavy atom. The largest absolute Gasteiger partial charge is 0.469 e. The van der Waals surface area contributed by atoms with Crippen LogP contribution in [0.2, 0.25) is 0 Å². The van der Waals surface area contributed by atoms with E-state index in [4.69, 9.17) is 4.74 Å². The monoisotopic (exact) mass is 312 g/mol. The van der Waals surface area contributed by atoms with Gasteiger partial charge < -0.3 is 9.30 Å². The highest BCUT2D eigenvalue weighted by Crippen LogP contribution is 2.32. The summed E-state index contributed by atoms with van der Waals surface area (Å²) in [5.41, 5.74) is 1.06. The van der Waals surface area contributed by atoms with Gasteiger partial charge in [-0.05, 0) is 19.3 Å². The van der Waals surface area contributed by atoms with Crippen molar-refractivity contribution in [1.29, 1.82) is 0 Å². The van der Waals surface area contributed by atoms with Crippen LogP contribution in [0, 0.1) is 5.92 Å². The number of hydrogen-bond donors (Lipinski definition) is 0. The van der Waals surface area contributed by atoms with Crippen LogP contribution in [-0.2, 0) is 32.3 Å². The number of imidazole rings is 1. The second kappa shape index (κ2) is 5.44. The molecule has 1 aromatic rings. The summed E-state index contributed by atoms with van der Waals surface area (Å²) in [6.07, 6.45) is 4.55. The van der Waals surface area contributed by atoms with Gasteiger partial charge in [0.1, 0.15) is 15.7 Å². The average molecular weight is 312 g/mol. The van der Waals surface area contributed by atoms with E-state index in [1.54, 1.807) is 0 Å². The molecule has 116 valence electrons. The fourth-order valence-electron chi connectivity index (χ4n) is 3.33. The standard InChI is InChI=1S/C14H20N2O4S/c1-20-14(17)11-2-5-16-12(8-11)9-15-13(16)10-3-6-21(18,19)7-4-10/h9-11H,2-8H2,1H3. The van der Waals surface area contributed by atoms with Gasteiger partial charge in [0.25, 0.3) is 0 Å². The highest BCUT2D eigenvalue weighted by molar-refractivity contribution is 7.91. The van der Waals surface area contributed by atoms with Crippen LogP contribution < -0.4 is 0 Å². The number of carbonyl (C=O) groups excluding carboxylic acids is 1. The number of esters is 1. The molecule has 1 saturated heterocycles. The number of fused-ring (bicyclic) bond motifs is 1. The molecule has 6 nitrogen and oxygen atoms in total. The van der Waals surface area contributed by atoms with Gasteiger partial charge in [0.05, 0.1) is 24.5 Å². The van der Waals surface area contributed by atoms with E-state index in [0.717, 1.165) is 24.5 Å². The fourth-order valence-corrected chi connectivity index (χ4v) is 4.82. The molecule has 0 aliphatic carbocycles. The van der Waals surface area contributed by atoms with Crippen molar-refractivity contribution in [3.63, 3.8) is 0 Å². The summed E-state index contributed by atoms with van der Waals surface area (Å²) in [7, 11) is -1.43. The summed E-state index contributed by atoms with van der Waals surface area (Å²) in [4.78, 5) is 16.1. The summed E-state index contributed by atoms with van der Waals surface area (Å²) in [6, 6.07) is 0. The lowest BCUT2D eigenvalue weighted by molar-refractivity contribution is -0.146. The topological polar surface area (TPSA) is 78.3 Å². The van der Waals surface area contributed by atoms with Crippen molar-refractivity contribution in [1.82, 2.24) is 9.55 Å². The first-order valence-electron chi connectivity index (χ1n) is 7.32. The zero-order valence-corrected chi connectivity index (χ0v) is 12.9. The van der Waals surface area contributed by atoms with Gasteiger partial charge in [0.2, 0.25) is 0 Å². The zero-order valence-electron chi connectivity index (χ0n) is 12.1. The Morgan fingerprint density at radius 3 is 2.71 bits per heavy atom. The van der Waals surface area contributed by atoms with E-state index in [-0.39, 0.29) is 29.3 Å². The van der Waals surface area contributed by atoms with Crippen molar-refractivity contribution in [2.75, 3.05) is 18.6 Å². The molecule has 7 heteroatoms. The number of methoxy groups -OCH3 is 1. The Balaban J connectivity index is 1.76. The number of nitrogens with zero attached hydrogens (tertiary/aromatic N) is 2. The minimum absolute atomic E-state index is 0.0845. The Labute approximate surface area is 124 Å². The molecule has 0 radical (unpaired) electrons. The van der Waals surface area contributed by atoms with Crippen molar-refractivity contribution in [2.45, 2.75) is 38.1 Å². The van der Waals surface area contributed by atoms with Crippen LogP contribution >= 0.6 is 0 Å². The maximum Gasteiger partial charge on any atom is 0.309 e. The molecule has 21 heavy (non-hydrogen) atoms. The third kappa shape index (κ3) is 2.84. The Bertz CT molecular complexity index is 636. The van der Waals surface area contributed by atoms with Gasteiger partial charge in [-0.25, -0.2) is 13.4 Å². The third-order valence-electron chi connectivity index (χ3n) is 4.58. The Kier molecular flexibility index (Phi) is 3.77. The molecule has 1 fully saturated rings. The van der Waals surface area contributed by atoms with Gasteiger partial charge in [-0.2, -0.15) is 0 Å². The quantitative estimate of drug-likeness (QED) is 0.759. The molecule has 0 bridgehead atoms. The van der Waals surface area contributed by atoms with Gasteiger partial charge in [-0.3, -0.25) is 4.79 Å². The summed E-state index contributed by atoms with van der Waals surface area (Å²) in [5.74, 6) is 1.47. The fraction of sp³-hybridized carbons (Fsp3) is 0.714. The molecule has 1 unspecified atom stereocenters. The van der Waals surface area contributed by atoms with Crippen molar-refractivity contribution < 1.29 is 17.9 Å². The molecule has 1 aromatic heterocycles. The average Bonchev–Trinajstić information content (AvgIpc) is 2.89. The lowest BCUT2D eigenvalue weighted by Crippen LogP contribution is -2.29. The van der Waals surface area contributed by atoms with E-state index in [0.29, 0.717) is 19.3 Å². The normalized spacial score (nSPS) is 25.3. The first-order valence-corrected chi connectivity index (χ1v) is 9.15.